The molecule has 5 heteroatoms. The highest BCUT2D eigenvalue weighted by molar-refractivity contribution is 5.71. The molecular weight excluding hydrogens is 216 g/mol. The summed E-state index contributed by atoms with van der Waals surface area (Å²) in [5.74, 6) is 0.114. The number of anilines is 1. The SMILES string of the molecule is N#Cc1cnn2cc(N3CCCC3)cc(O)c12. The van der Waals surface area contributed by atoms with E-state index < -0.39 is 0 Å². The van der Waals surface area contributed by atoms with E-state index in [-0.39, 0.29) is 5.75 Å². The van der Waals surface area contributed by atoms with Crippen LogP contribution in [0.25, 0.3) is 5.52 Å². The summed E-state index contributed by atoms with van der Waals surface area (Å²) < 4.78 is 1.57. The highest BCUT2D eigenvalue weighted by atomic mass is 16.3. The minimum atomic E-state index is 0.114. The van der Waals surface area contributed by atoms with Gasteiger partial charge in [-0.05, 0) is 12.8 Å². The molecule has 0 aliphatic carbocycles. The van der Waals surface area contributed by atoms with Crippen LogP contribution in [0.3, 0.4) is 0 Å². The molecule has 1 N–H and O–H groups in total. The second-order valence-corrected chi connectivity index (χ2v) is 4.24. The number of rotatable bonds is 1. The Morgan fingerprint density at radius 2 is 2.12 bits per heavy atom. The lowest BCUT2D eigenvalue weighted by Gasteiger charge is -2.17. The van der Waals surface area contributed by atoms with E-state index in [1.165, 1.54) is 19.0 Å². The summed E-state index contributed by atoms with van der Waals surface area (Å²) in [5, 5.41) is 23.0. The van der Waals surface area contributed by atoms with Gasteiger partial charge in [0.2, 0.25) is 0 Å². The van der Waals surface area contributed by atoms with Gasteiger partial charge in [-0.25, -0.2) is 4.52 Å². The Hall–Kier alpha value is -2.22. The minimum Gasteiger partial charge on any atom is -0.506 e. The number of fused-ring (bicyclic) bond motifs is 1. The van der Waals surface area contributed by atoms with Crippen molar-refractivity contribution in [2.75, 3.05) is 18.0 Å². The van der Waals surface area contributed by atoms with E-state index in [0.717, 1.165) is 18.8 Å². The average Bonchev–Trinajstić information content (AvgIpc) is 2.97. The van der Waals surface area contributed by atoms with Crippen molar-refractivity contribution in [2.45, 2.75) is 12.8 Å². The fourth-order valence-electron chi connectivity index (χ4n) is 2.32. The molecule has 17 heavy (non-hydrogen) atoms. The normalized spacial score (nSPS) is 15.4. The Kier molecular flexibility index (Phi) is 2.15. The number of hydrogen-bond acceptors (Lipinski definition) is 4. The van der Waals surface area contributed by atoms with Crippen LogP contribution in [-0.2, 0) is 0 Å². The summed E-state index contributed by atoms with van der Waals surface area (Å²) in [6.07, 6.45) is 5.70. The van der Waals surface area contributed by atoms with Gasteiger partial charge in [-0.2, -0.15) is 10.4 Å². The van der Waals surface area contributed by atoms with Crippen LogP contribution in [0.2, 0.25) is 0 Å². The third kappa shape index (κ3) is 1.49. The molecule has 0 unspecified atom stereocenters. The largest absolute Gasteiger partial charge is 0.506 e. The zero-order valence-corrected chi connectivity index (χ0v) is 9.30. The third-order valence-electron chi connectivity index (χ3n) is 3.17. The number of pyridine rings is 1. The predicted octanol–water partition coefficient (Wildman–Crippen LogP) is 1.51. The number of hydrogen-bond donors (Lipinski definition) is 1. The van der Waals surface area contributed by atoms with Crippen molar-refractivity contribution in [1.29, 1.82) is 5.26 Å². The van der Waals surface area contributed by atoms with Crippen LogP contribution in [0.1, 0.15) is 18.4 Å². The smallest absolute Gasteiger partial charge is 0.144 e. The lowest BCUT2D eigenvalue weighted by Crippen LogP contribution is -2.18. The van der Waals surface area contributed by atoms with Crippen molar-refractivity contribution in [2.24, 2.45) is 0 Å². The Morgan fingerprint density at radius 3 is 2.82 bits per heavy atom. The molecule has 2 aromatic heterocycles. The number of aromatic nitrogens is 2. The molecule has 2 aromatic rings. The molecule has 0 bridgehead atoms. The molecule has 1 fully saturated rings. The second-order valence-electron chi connectivity index (χ2n) is 4.24. The van der Waals surface area contributed by atoms with Crippen LogP contribution in [0.15, 0.2) is 18.5 Å². The Bertz CT molecular complexity index is 605. The summed E-state index contributed by atoms with van der Waals surface area (Å²) in [6.45, 7) is 2.02. The van der Waals surface area contributed by atoms with E-state index in [0.29, 0.717) is 11.1 Å². The monoisotopic (exact) mass is 228 g/mol. The average molecular weight is 228 g/mol. The summed E-state index contributed by atoms with van der Waals surface area (Å²) in [7, 11) is 0. The predicted molar refractivity (Wildman–Crippen MR) is 63.0 cm³/mol. The minimum absolute atomic E-state index is 0.114. The van der Waals surface area contributed by atoms with E-state index in [1.807, 2.05) is 12.3 Å². The van der Waals surface area contributed by atoms with Gasteiger partial charge in [-0.15, -0.1) is 0 Å². The molecule has 0 amide bonds. The molecule has 5 nitrogen and oxygen atoms in total. The van der Waals surface area contributed by atoms with Crippen LogP contribution in [-0.4, -0.2) is 27.8 Å². The molecule has 0 aromatic carbocycles. The van der Waals surface area contributed by atoms with E-state index >= 15 is 0 Å². The number of nitrogens with zero attached hydrogens (tertiary/aromatic N) is 4. The summed E-state index contributed by atoms with van der Waals surface area (Å²) >= 11 is 0. The summed E-state index contributed by atoms with van der Waals surface area (Å²) in [5.41, 5.74) is 1.84. The summed E-state index contributed by atoms with van der Waals surface area (Å²) in [4.78, 5) is 2.22. The van der Waals surface area contributed by atoms with Crippen molar-refractivity contribution in [3.63, 3.8) is 0 Å². The molecule has 86 valence electrons. The zero-order valence-electron chi connectivity index (χ0n) is 9.30. The Balaban J connectivity index is 2.15. The van der Waals surface area contributed by atoms with Crippen molar-refractivity contribution < 1.29 is 5.11 Å². The Morgan fingerprint density at radius 1 is 1.35 bits per heavy atom. The lowest BCUT2D eigenvalue weighted by atomic mass is 10.2. The van der Waals surface area contributed by atoms with Crippen molar-refractivity contribution in [3.8, 4) is 11.8 Å². The highest BCUT2D eigenvalue weighted by Crippen LogP contribution is 2.29. The first-order valence-electron chi connectivity index (χ1n) is 5.65. The zero-order chi connectivity index (χ0) is 11.8. The molecule has 0 radical (unpaired) electrons. The highest BCUT2D eigenvalue weighted by Gasteiger charge is 2.16. The standard InChI is InChI=1S/C12H12N4O/c13-6-9-7-14-16-8-10(5-11(17)12(9)16)15-3-1-2-4-15/h5,7-8,17H,1-4H2. The molecule has 3 rings (SSSR count). The van der Waals surface area contributed by atoms with Crippen LogP contribution in [0.5, 0.6) is 5.75 Å². The van der Waals surface area contributed by atoms with E-state index in [9.17, 15) is 5.11 Å². The van der Waals surface area contributed by atoms with Crippen LogP contribution >= 0.6 is 0 Å². The quantitative estimate of drug-likeness (QED) is 0.803. The van der Waals surface area contributed by atoms with Crippen molar-refractivity contribution in [1.82, 2.24) is 9.61 Å². The molecule has 0 saturated carbocycles. The number of aromatic hydroxyl groups is 1. The Labute approximate surface area is 98.5 Å². The second kappa shape index (κ2) is 3.67. The van der Waals surface area contributed by atoms with Crippen molar-refractivity contribution in [3.05, 3.63) is 24.0 Å². The van der Waals surface area contributed by atoms with Gasteiger partial charge < -0.3 is 10.0 Å². The van der Waals surface area contributed by atoms with E-state index in [2.05, 4.69) is 10.00 Å². The summed E-state index contributed by atoms with van der Waals surface area (Å²) in [6, 6.07) is 3.73. The van der Waals surface area contributed by atoms with Gasteiger partial charge in [0.15, 0.2) is 0 Å². The van der Waals surface area contributed by atoms with Crippen LogP contribution < -0.4 is 4.90 Å². The van der Waals surface area contributed by atoms with Gasteiger partial charge in [0, 0.05) is 19.2 Å². The molecule has 1 aliphatic rings. The fourth-order valence-corrected chi connectivity index (χ4v) is 2.32. The van der Waals surface area contributed by atoms with Gasteiger partial charge in [-0.1, -0.05) is 0 Å². The molecule has 0 spiro atoms. The van der Waals surface area contributed by atoms with Gasteiger partial charge in [-0.3, -0.25) is 0 Å². The van der Waals surface area contributed by atoms with Gasteiger partial charge in [0.1, 0.15) is 22.9 Å². The fraction of sp³-hybridized carbons (Fsp3) is 0.333. The maximum absolute atomic E-state index is 9.97. The molecule has 0 atom stereocenters. The van der Waals surface area contributed by atoms with Gasteiger partial charge in [0.05, 0.1) is 18.1 Å². The first-order valence-corrected chi connectivity index (χ1v) is 5.65. The van der Waals surface area contributed by atoms with Crippen molar-refractivity contribution >= 4 is 11.2 Å². The number of nitriles is 1. The van der Waals surface area contributed by atoms with Crippen LogP contribution in [0, 0.1) is 11.3 Å². The maximum atomic E-state index is 9.97. The van der Waals surface area contributed by atoms with Crippen LogP contribution in [0.4, 0.5) is 5.69 Å². The molecular formula is C12H12N4O. The maximum Gasteiger partial charge on any atom is 0.144 e. The lowest BCUT2D eigenvalue weighted by molar-refractivity contribution is 0.478. The van der Waals surface area contributed by atoms with E-state index in [1.54, 1.807) is 10.6 Å². The third-order valence-corrected chi connectivity index (χ3v) is 3.17. The van der Waals surface area contributed by atoms with E-state index in [4.69, 9.17) is 5.26 Å². The molecule has 3 heterocycles. The molecule has 1 aliphatic heterocycles. The topological polar surface area (TPSA) is 64.6 Å². The van der Waals surface area contributed by atoms with Gasteiger partial charge in [0.25, 0.3) is 0 Å². The van der Waals surface area contributed by atoms with Gasteiger partial charge >= 0.3 is 0 Å². The first kappa shape index (κ1) is 9.97. The first-order chi connectivity index (χ1) is 8.29. The molecule has 1 saturated heterocycles.